The average Bonchev–Trinajstić information content (AvgIpc) is 3.19. The van der Waals surface area contributed by atoms with Gasteiger partial charge in [-0.25, -0.2) is 9.37 Å². The lowest BCUT2D eigenvalue weighted by Crippen LogP contribution is -2.28. The molecule has 2 aromatic carbocycles. The van der Waals surface area contributed by atoms with Crippen molar-refractivity contribution in [1.29, 1.82) is 0 Å². The highest BCUT2D eigenvalue weighted by Crippen LogP contribution is 2.30. The third-order valence-electron chi connectivity index (χ3n) is 4.74. The van der Waals surface area contributed by atoms with E-state index in [1.807, 2.05) is 43.5 Å². The molecular formula is C23H21FN4OS. The molecule has 2 heterocycles. The second kappa shape index (κ2) is 8.59. The molecule has 1 aliphatic rings. The number of aryl methyl sites for hydroxylation is 1. The summed E-state index contributed by atoms with van der Waals surface area (Å²) < 4.78 is 13.4. The number of nitrogens with one attached hydrogen (secondary N) is 3. The van der Waals surface area contributed by atoms with Crippen molar-refractivity contribution < 1.29 is 9.18 Å². The van der Waals surface area contributed by atoms with Crippen molar-refractivity contribution in [3.63, 3.8) is 0 Å². The second-order valence-electron chi connectivity index (χ2n) is 6.91. The van der Waals surface area contributed by atoms with Crippen LogP contribution in [0.2, 0.25) is 0 Å². The van der Waals surface area contributed by atoms with E-state index in [9.17, 15) is 9.18 Å². The van der Waals surface area contributed by atoms with Crippen LogP contribution in [0.3, 0.4) is 0 Å². The van der Waals surface area contributed by atoms with Crippen LogP contribution in [0.1, 0.15) is 27.0 Å². The first-order chi connectivity index (χ1) is 14.5. The van der Waals surface area contributed by atoms with E-state index in [1.165, 1.54) is 12.1 Å². The van der Waals surface area contributed by atoms with E-state index in [2.05, 4.69) is 20.9 Å². The highest BCUT2D eigenvalue weighted by molar-refractivity contribution is 7.99. The molecule has 152 valence electrons. The highest BCUT2D eigenvalue weighted by atomic mass is 32.2. The zero-order chi connectivity index (χ0) is 21.1. The molecule has 0 fully saturated rings. The number of halogens is 1. The van der Waals surface area contributed by atoms with E-state index in [0.29, 0.717) is 11.4 Å². The normalized spacial score (nSPS) is 15.5. The molecule has 0 spiro atoms. The van der Waals surface area contributed by atoms with Gasteiger partial charge in [0.2, 0.25) is 0 Å². The fraction of sp³-hybridized carbons (Fsp3) is 0.130. The molecule has 4 rings (SSSR count). The number of aromatic nitrogens is 1. The first-order valence-corrected chi connectivity index (χ1v) is 10.7. The van der Waals surface area contributed by atoms with Gasteiger partial charge in [-0.15, -0.1) is 11.8 Å². The molecule has 3 N–H and O–H groups in total. The number of benzene rings is 2. The Bertz CT molecular complexity index is 1110. The Hall–Kier alpha value is -3.32. The lowest BCUT2D eigenvalue weighted by molar-refractivity contribution is 0.102. The van der Waals surface area contributed by atoms with Crippen LogP contribution >= 0.6 is 11.8 Å². The molecule has 1 atom stereocenters. The van der Waals surface area contributed by atoms with Crippen LogP contribution in [-0.4, -0.2) is 22.6 Å². The summed E-state index contributed by atoms with van der Waals surface area (Å²) in [5.74, 6) is -0.0340. The molecule has 7 heteroatoms. The number of pyridine rings is 1. The Morgan fingerprint density at radius 2 is 1.77 bits per heavy atom. The molecule has 5 nitrogen and oxygen atoms in total. The number of amides is 1. The maximum absolute atomic E-state index is 13.4. The van der Waals surface area contributed by atoms with Crippen LogP contribution in [0.5, 0.6) is 0 Å². The molecule has 1 amide bonds. The van der Waals surface area contributed by atoms with Crippen molar-refractivity contribution in [1.82, 2.24) is 15.6 Å². The van der Waals surface area contributed by atoms with Crippen LogP contribution < -0.4 is 16.0 Å². The smallest absolute Gasteiger partial charge is 0.256 e. The van der Waals surface area contributed by atoms with Gasteiger partial charge < -0.3 is 16.0 Å². The Kier molecular flexibility index (Phi) is 5.72. The van der Waals surface area contributed by atoms with Crippen molar-refractivity contribution in [2.75, 3.05) is 11.6 Å². The number of rotatable bonds is 5. The summed E-state index contributed by atoms with van der Waals surface area (Å²) in [5.41, 5.74) is 5.06. The van der Waals surface area contributed by atoms with Crippen molar-refractivity contribution in [3.8, 4) is 0 Å². The minimum atomic E-state index is -0.279. The summed E-state index contributed by atoms with van der Waals surface area (Å²) >= 11 is 1.62. The van der Waals surface area contributed by atoms with E-state index >= 15 is 0 Å². The van der Waals surface area contributed by atoms with Crippen LogP contribution in [0.25, 0.3) is 11.4 Å². The zero-order valence-corrected chi connectivity index (χ0v) is 17.4. The topological polar surface area (TPSA) is 66.0 Å². The number of hydrogen-bond acceptors (Lipinski definition) is 5. The maximum atomic E-state index is 13.4. The third-order valence-corrected chi connectivity index (χ3v) is 5.45. The summed E-state index contributed by atoms with van der Waals surface area (Å²) in [5, 5.41) is 9.72. The zero-order valence-electron chi connectivity index (χ0n) is 16.6. The van der Waals surface area contributed by atoms with E-state index in [4.69, 9.17) is 0 Å². The van der Waals surface area contributed by atoms with Crippen LogP contribution in [0.4, 0.5) is 10.2 Å². The lowest BCUT2D eigenvalue weighted by atomic mass is 10.1. The minimum absolute atomic E-state index is 0.0152. The number of hydrogen-bond donors (Lipinski definition) is 3. The third kappa shape index (κ3) is 4.31. The Morgan fingerprint density at radius 1 is 1.03 bits per heavy atom. The molecule has 3 aromatic rings. The van der Waals surface area contributed by atoms with Gasteiger partial charge in [-0.3, -0.25) is 4.79 Å². The molecule has 0 bridgehead atoms. The van der Waals surface area contributed by atoms with Crippen LogP contribution in [-0.2, 0) is 0 Å². The minimum Gasteiger partial charge on any atom is -0.355 e. The molecule has 0 aliphatic carbocycles. The molecular weight excluding hydrogens is 399 g/mol. The monoisotopic (exact) mass is 420 g/mol. The van der Waals surface area contributed by atoms with E-state index in [-0.39, 0.29) is 17.2 Å². The first kappa shape index (κ1) is 20.0. The summed E-state index contributed by atoms with van der Waals surface area (Å²) in [7, 11) is 0. The van der Waals surface area contributed by atoms with Gasteiger partial charge >= 0.3 is 0 Å². The second-order valence-corrected chi connectivity index (χ2v) is 7.86. The van der Waals surface area contributed by atoms with Gasteiger partial charge in [-0.2, -0.15) is 0 Å². The molecule has 1 unspecified atom stereocenters. The van der Waals surface area contributed by atoms with Gasteiger partial charge in [0.1, 0.15) is 17.1 Å². The van der Waals surface area contributed by atoms with Gasteiger partial charge in [-0.1, -0.05) is 17.7 Å². The van der Waals surface area contributed by atoms with E-state index in [1.54, 1.807) is 36.2 Å². The summed E-state index contributed by atoms with van der Waals surface area (Å²) in [4.78, 5) is 16.9. The fourth-order valence-electron chi connectivity index (χ4n) is 3.26. The highest BCUT2D eigenvalue weighted by Gasteiger charge is 2.24. The molecule has 1 aliphatic heterocycles. The number of nitrogens with zero attached hydrogens (tertiary/aromatic N) is 1. The van der Waals surface area contributed by atoms with E-state index in [0.717, 1.165) is 28.1 Å². The first-order valence-electron chi connectivity index (χ1n) is 9.44. The Balaban J connectivity index is 1.64. The summed E-state index contributed by atoms with van der Waals surface area (Å²) in [6, 6.07) is 17.5. The van der Waals surface area contributed by atoms with Crippen LogP contribution in [0.15, 0.2) is 66.9 Å². The van der Waals surface area contributed by atoms with Crippen LogP contribution in [0, 0.1) is 12.7 Å². The molecule has 30 heavy (non-hydrogen) atoms. The average molecular weight is 421 g/mol. The Labute approximate surface area is 178 Å². The van der Waals surface area contributed by atoms with Crippen molar-refractivity contribution in [2.45, 2.75) is 12.4 Å². The van der Waals surface area contributed by atoms with E-state index < -0.39 is 0 Å². The molecule has 1 aromatic heterocycles. The quantitative estimate of drug-likeness (QED) is 0.569. The van der Waals surface area contributed by atoms with Crippen molar-refractivity contribution in [3.05, 3.63) is 94.9 Å². The number of anilines is 1. The molecule has 0 saturated heterocycles. The number of carbonyl (C=O) groups excluding carboxylic acids is 1. The van der Waals surface area contributed by atoms with Crippen molar-refractivity contribution >= 4 is 34.9 Å². The molecule has 0 radical (unpaired) electrons. The summed E-state index contributed by atoms with van der Waals surface area (Å²) in [6.07, 6.45) is 3.65. The SMILES string of the molecule is CSC1NC(c2ccc(F)cc2)=C(c2ccnc(NC(=O)c3cccc(C)c3)c2)N1. The standard InChI is InChI=1S/C23H21FN4OS/c1-14-4-3-5-17(12-14)22(29)26-19-13-16(10-11-25-19)21-20(27-23(28-21)30-2)15-6-8-18(24)9-7-15/h3-13,23,27-28H,1-2H3,(H,25,26,29). The Morgan fingerprint density at radius 3 is 2.47 bits per heavy atom. The number of thioether (sulfide) groups is 1. The predicted molar refractivity (Wildman–Crippen MR) is 120 cm³/mol. The van der Waals surface area contributed by atoms with Gasteiger partial charge in [0.15, 0.2) is 0 Å². The summed E-state index contributed by atoms with van der Waals surface area (Å²) in [6.45, 7) is 1.94. The largest absolute Gasteiger partial charge is 0.355 e. The van der Waals surface area contributed by atoms with Crippen molar-refractivity contribution in [2.24, 2.45) is 0 Å². The number of carbonyl (C=O) groups is 1. The van der Waals surface area contributed by atoms with Gasteiger partial charge in [-0.05, 0) is 61.7 Å². The predicted octanol–water partition coefficient (Wildman–Crippen LogP) is 4.45. The maximum Gasteiger partial charge on any atom is 0.256 e. The lowest BCUT2D eigenvalue weighted by Gasteiger charge is -2.11. The fourth-order valence-corrected chi connectivity index (χ4v) is 3.73. The van der Waals surface area contributed by atoms with Gasteiger partial charge in [0.25, 0.3) is 5.91 Å². The molecule has 0 saturated carbocycles. The van der Waals surface area contributed by atoms with Gasteiger partial charge in [0.05, 0.1) is 11.4 Å². The van der Waals surface area contributed by atoms with Gasteiger partial charge in [0, 0.05) is 22.9 Å².